The summed E-state index contributed by atoms with van der Waals surface area (Å²) < 4.78 is 1.83. The highest BCUT2D eigenvalue weighted by atomic mass is 16.3. The van der Waals surface area contributed by atoms with Crippen molar-refractivity contribution in [2.45, 2.75) is 38.4 Å². The molecule has 4 rings (SSSR count). The fourth-order valence-corrected chi connectivity index (χ4v) is 4.55. The number of Topliss-reactive ketones (excluding diaryl/α,β-unsaturated/α-hetero) is 1. The average Bonchev–Trinajstić information content (AvgIpc) is 3.14. The van der Waals surface area contributed by atoms with E-state index < -0.39 is 18.1 Å². The minimum atomic E-state index is -1.79. The van der Waals surface area contributed by atoms with Crippen LogP contribution in [0, 0.1) is 18.3 Å². The van der Waals surface area contributed by atoms with E-state index in [0.29, 0.717) is 40.1 Å². The van der Waals surface area contributed by atoms with Crippen LogP contribution in [0.2, 0.25) is 0 Å². The summed E-state index contributed by atoms with van der Waals surface area (Å²) in [5.41, 5.74) is 8.72. The highest BCUT2D eigenvalue weighted by Crippen LogP contribution is 2.31. The number of pyridine rings is 1. The summed E-state index contributed by atoms with van der Waals surface area (Å²) in [6.45, 7) is 3.89. The molecule has 2 unspecified atom stereocenters. The third-order valence-electron chi connectivity index (χ3n) is 6.35. The van der Waals surface area contributed by atoms with Crippen LogP contribution in [0.4, 0.5) is 0 Å². The minimum Gasteiger partial charge on any atom is -0.385 e. The van der Waals surface area contributed by atoms with Crippen LogP contribution < -0.4 is 5.73 Å². The number of hydrogen-bond donors (Lipinski definition) is 3. The van der Waals surface area contributed by atoms with Gasteiger partial charge in [0, 0.05) is 23.1 Å². The monoisotopic (exact) mass is 461 g/mol. The maximum atomic E-state index is 13.4. The summed E-state index contributed by atoms with van der Waals surface area (Å²) in [5.74, 6) is -1.10. The van der Waals surface area contributed by atoms with Gasteiger partial charge < -0.3 is 20.5 Å². The van der Waals surface area contributed by atoms with Crippen molar-refractivity contribution in [1.82, 2.24) is 14.5 Å². The van der Waals surface area contributed by atoms with E-state index in [1.54, 1.807) is 30.3 Å². The number of carbonyl (C=O) groups is 2. The second-order valence-electron chi connectivity index (χ2n) is 8.64. The van der Waals surface area contributed by atoms with Crippen LogP contribution >= 0.6 is 0 Å². The lowest BCUT2D eigenvalue weighted by atomic mass is 10.0. The van der Waals surface area contributed by atoms with Crippen molar-refractivity contribution in [1.29, 1.82) is 5.26 Å². The van der Waals surface area contributed by atoms with Gasteiger partial charge in [-0.1, -0.05) is 6.42 Å². The molecule has 1 fully saturated rings. The highest BCUT2D eigenvalue weighted by Gasteiger charge is 2.28. The topological polar surface area (TPSA) is 145 Å². The van der Waals surface area contributed by atoms with Crippen LogP contribution in [-0.2, 0) is 4.79 Å². The molecule has 0 spiro atoms. The zero-order chi connectivity index (χ0) is 24.4. The molecule has 2 aromatic heterocycles. The lowest BCUT2D eigenvalue weighted by molar-refractivity contribution is -0.131. The zero-order valence-electron chi connectivity index (χ0n) is 18.9. The second-order valence-corrected chi connectivity index (χ2v) is 8.64. The van der Waals surface area contributed by atoms with Gasteiger partial charge in [-0.15, -0.1) is 0 Å². The van der Waals surface area contributed by atoms with E-state index in [-0.39, 0.29) is 11.3 Å². The van der Waals surface area contributed by atoms with Gasteiger partial charge in [0.1, 0.15) is 6.10 Å². The Labute approximate surface area is 197 Å². The maximum Gasteiger partial charge on any atom is 0.249 e. The normalized spacial score (nSPS) is 16.2. The van der Waals surface area contributed by atoms with Crippen molar-refractivity contribution < 1.29 is 19.8 Å². The molecule has 9 heteroatoms. The number of aromatic nitrogens is 2. The average molecular weight is 462 g/mol. The van der Waals surface area contributed by atoms with E-state index in [2.05, 4.69) is 16.0 Å². The number of benzene rings is 1. The Hall–Kier alpha value is -3.58. The van der Waals surface area contributed by atoms with Gasteiger partial charge >= 0.3 is 0 Å². The number of aliphatic hydroxyl groups is 2. The van der Waals surface area contributed by atoms with Gasteiger partial charge in [0.15, 0.2) is 11.9 Å². The first-order valence-corrected chi connectivity index (χ1v) is 11.2. The molecule has 1 aromatic carbocycles. The Bertz CT molecular complexity index is 1270. The van der Waals surface area contributed by atoms with Crippen molar-refractivity contribution >= 4 is 22.7 Å². The predicted molar refractivity (Wildman–Crippen MR) is 125 cm³/mol. The molecule has 176 valence electrons. The van der Waals surface area contributed by atoms with Crippen molar-refractivity contribution in [2.75, 3.05) is 19.6 Å². The van der Waals surface area contributed by atoms with Gasteiger partial charge in [0.05, 0.1) is 34.8 Å². The third-order valence-corrected chi connectivity index (χ3v) is 6.35. The first-order chi connectivity index (χ1) is 16.3. The SMILES string of the molecule is Cc1c(C(=O)CN2CCCCC2)c2ncc(C(O)C(O)C(N)=O)cc2n1-c1ccc(C#N)cc1. The van der Waals surface area contributed by atoms with Gasteiger partial charge in [0.25, 0.3) is 0 Å². The van der Waals surface area contributed by atoms with E-state index in [0.717, 1.165) is 25.9 Å². The summed E-state index contributed by atoms with van der Waals surface area (Å²) >= 11 is 0. The number of piperidine rings is 1. The van der Waals surface area contributed by atoms with E-state index in [4.69, 9.17) is 11.0 Å². The molecule has 0 radical (unpaired) electrons. The predicted octanol–water partition coefficient (Wildman–Crippen LogP) is 1.75. The molecule has 9 nitrogen and oxygen atoms in total. The second kappa shape index (κ2) is 9.73. The Morgan fingerprint density at radius 1 is 1.18 bits per heavy atom. The summed E-state index contributed by atoms with van der Waals surface area (Å²) in [4.78, 5) is 31.4. The number of ketones is 1. The summed E-state index contributed by atoms with van der Waals surface area (Å²) in [6.07, 6.45) is 1.30. The molecular formula is C25H27N5O4. The van der Waals surface area contributed by atoms with Gasteiger partial charge in [-0.2, -0.15) is 5.26 Å². The number of nitrogens with two attached hydrogens (primary N) is 1. The number of hydrogen-bond acceptors (Lipinski definition) is 7. The van der Waals surface area contributed by atoms with Crippen LogP contribution in [-0.4, -0.2) is 62.1 Å². The molecule has 4 N–H and O–H groups in total. The van der Waals surface area contributed by atoms with Crippen LogP contribution in [0.15, 0.2) is 36.5 Å². The molecule has 0 bridgehead atoms. The van der Waals surface area contributed by atoms with Gasteiger partial charge in [-0.05, 0) is 63.2 Å². The lowest BCUT2D eigenvalue weighted by Crippen LogP contribution is -2.34. The Morgan fingerprint density at radius 3 is 2.47 bits per heavy atom. The molecule has 2 atom stereocenters. The Kier molecular flexibility index (Phi) is 6.75. The molecule has 1 amide bonds. The van der Waals surface area contributed by atoms with Crippen LogP contribution in [0.1, 0.15) is 52.5 Å². The highest BCUT2D eigenvalue weighted by molar-refractivity contribution is 6.09. The van der Waals surface area contributed by atoms with Crippen LogP contribution in [0.5, 0.6) is 0 Å². The maximum absolute atomic E-state index is 13.4. The van der Waals surface area contributed by atoms with E-state index in [1.807, 2.05) is 11.5 Å². The number of carbonyl (C=O) groups excluding carboxylic acids is 2. The fourth-order valence-electron chi connectivity index (χ4n) is 4.55. The molecule has 0 aliphatic carbocycles. The number of nitrogens with zero attached hydrogens (tertiary/aromatic N) is 4. The van der Waals surface area contributed by atoms with Crippen molar-refractivity contribution in [2.24, 2.45) is 5.73 Å². The molecule has 34 heavy (non-hydrogen) atoms. The number of amides is 1. The summed E-state index contributed by atoms with van der Waals surface area (Å²) in [5, 5.41) is 29.5. The smallest absolute Gasteiger partial charge is 0.249 e. The first-order valence-electron chi connectivity index (χ1n) is 11.2. The number of likely N-dealkylation sites (tertiary alicyclic amines) is 1. The molecule has 1 saturated heterocycles. The number of rotatable bonds is 7. The largest absolute Gasteiger partial charge is 0.385 e. The van der Waals surface area contributed by atoms with Gasteiger partial charge in [-0.3, -0.25) is 19.5 Å². The molecule has 1 aliphatic heterocycles. The van der Waals surface area contributed by atoms with E-state index in [9.17, 15) is 19.8 Å². The van der Waals surface area contributed by atoms with Crippen LogP contribution in [0.3, 0.4) is 0 Å². The molecule has 3 heterocycles. The van der Waals surface area contributed by atoms with E-state index >= 15 is 0 Å². The van der Waals surface area contributed by atoms with Crippen LogP contribution in [0.25, 0.3) is 16.7 Å². The Balaban J connectivity index is 1.85. The molecule has 1 aliphatic rings. The third kappa shape index (κ3) is 4.43. The summed E-state index contributed by atoms with van der Waals surface area (Å²) in [6, 6.07) is 10.6. The molecule has 0 saturated carbocycles. The lowest BCUT2D eigenvalue weighted by Gasteiger charge is -2.25. The first kappa shape index (κ1) is 23.6. The standard InChI is InChI=1S/C25H27N5O4/c1-15-21(20(31)14-29-9-3-2-4-10-29)22-19(30(15)18-7-5-16(12-26)6-8-18)11-17(13-28-22)23(32)24(33)25(27)34/h5-8,11,13,23-24,32-33H,2-4,9-10,14H2,1H3,(H2,27,34). The van der Waals surface area contributed by atoms with Crippen molar-refractivity contribution in [3.8, 4) is 11.8 Å². The number of primary amides is 1. The van der Waals surface area contributed by atoms with Gasteiger partial charge in [0.2, 0.25) is 5.91 Å². The van der Waals surface area contributed by atoms with Crippen molar-refractivity contribution in [3.63, 3.8) is 0 Å². The van der Waals surface area contributed by atoms with Crippen molar-refractivity contribution in [3.05, 3.63) is 58.9 Å². The number of aliphatic hydroxyl groups excluding tert-OH is 2. The number of nitriles is 1. The zero-order valence-corrected chi connectivity index (χ0v) is 18.9. The number of fused-ring (bicyclic) bond motifs is 1. The quantitative estimate of drug-likeness (QED) is 0.454. The molecule has 3 aromatic rings. The van der Waals surface area contributed by atoms with Gasteiger partial charge in [-0.25, -0.2) is 0 Å². The summed E-state index contributed by atoms with van der Waals surface area (Å²) in [7, 11) is 0. The van der Waals surface area contributed by atoms with E-state index in [1.165, 1.54) is 12.6 Å². The Morgan fingerprint density at radius 2 is 1.85 bits per heavy atom. The fraction of sp³-hybridized carbons (Fsp3) is 0.360. The minimum absolute atomic E-state index is 0.0465. The molecular weight excluding hydrogens is 434 g/mol.